The molecule has 0 saturated carbocycles. The Labute approximate surface area is 62.2 Å². The molecule has 58 valence electrons. The van der Waals surface area contributed by atoms with E-state index in [1.165, 1.54) is 0 Å². The lowest BCUT2D eigenvalue weighted by molar-refractivity contribution is -0.0159. The Morgan fingerprint density at radius 1 is 1.50 bits per heavy atom. The second-order valence-electron chi connectivity index (χ2n) is 2.39. The first-order valence-corrected chi connectivity index (χ1v) is 3.30. The fourth-order valence-corrected chi connectivity index (χ4v) is 0.645. The molecular formula is C8H14O2. The second kappa shape index (κ2) is 4.32. The van der Waals surface area contributed by atoms with Gasteiger partial charge in [-0.25, -0.2) is 0 Å². The van der Waals surface area contributed by atoms with E-state index in [4.69, 9.17) is 11.2 Å². The number of terminal acetylenes is 1. The molecule has 0 spiro atoms. The SMILES string of the molecule is C#CC(C)[C@@H](O)[C@H](C)OC. The topological polar surface area (TPSA) is 29.5 Å². The number of rotatable bonds is 3. The molecule has 0 rings (SSSR count). The van der Waals surface area contributed by atoms with E-state index in [0.717, 1.165) is 0 Å². The van der Waals surface area contributed by atoms with Crippen LogP contribution in [0, 0.1) is 18.3 Å². The molecule has 0 aromatic carbocycles. The van der Waals surface area contributed by atoms with Crippen LogP contribution < -0.4 is 0 Å². The maximum Gasteiger partial charge on any atom is 0.0933 e. The van der Waals surface area contributed by atoms with Gasteiger partial charge in [0.15, 0.2) is 0 Å². The lowest BCUT2D eigenvalue weighted by atomic mass is 10.0. The molecule has 0 aliphatic rings. The summed E-state index contributed by atoms with van der Waals surface area (Å²) in [5.41, 5.74) is 0. The van der Waals surface area contributed by atoms with Crippen molar-refractivity contribution >= 4 is 0 Å². The predicted molar refractivity (Wildman–Crippen MR) is 40.5 cm³/mol. The van der Waals surface area contributed by atoms with Crippen molar-refractivity contribution in [2.45, 2.75) is 26.1 Å². The van der Waals surface area contributed by atoms with E-state index >= 15 is 0 Å². The lowest BCUT2D eigenvalue weighted by Crippen LogP contribution is -2.30. The second-order valence-corrected chi connectivity index (χ2v) is 2.39. The van der Waals surface area contributed by atoms with Gasteiger partial charge in [-0.15, -0.1) is 12.3 Å². The van der Waals surface area contributed by atoms with E-state index in [-0.39, 0.29) is 12.0 Å². The van der Waals surface area contributed by atoms with Crippen LogP contribution in [0.25, 0.3) is 0 Å². The van der Waals surface area contributed by atoms with Crippen molar-refractivity contribution < 1.29 is 9.84 Å². The summed E-state index contributed by atoms with van der Waals surface area (Å²) in [5, 5.41) is 9.32. The summed E-state index contributed by atoms with van der Waals surface area (Å²) in [6, 6.07) is 0. The summed E-state index contributed by atoms with van der Waals surface area (Å²) in [5.74, 6) is 2.31. The van der Waals surface area contributed by atoms with Crippen LogP contribution in [-0.2, 0) is 4.74 Å². The van der Waals surface area contributed by atoms with Crippen LogP contribution in [0.3, 0.4) is 0 Å². The van der Waals surface area contributed by atoms with Crippen LogP contribution in [-0.4, -0.2) is 24.4 Å². The van der Waals surface area contributed by atoms with Crippen LogP contribution in [0.1, 0.15) is 13.8 Å². The van der Waals surface area contributed by atoms with Crippen LogP contribution >= 0.6 is 0 Å². The minimum Gasteiger partial charge on any atom is -0.389 e. The highest BCUT2D eigenvalue weighted by Crippen LogP contribution is 2.07. The average Bonchev–Trinajstić information content (AvgIpc) is 2.00. The van der Waals surface area contributed by atoms with Crippen LogP contribution in [0.5, 0.6) is 0 Å². The van der Waals surface area contributed by atoms with Crippen molar-refractivity contribution in [1.29, 1.82) is 0 Å². The summed E-state index contributed by atoms with van der Waals surface area (Å²) < 4.78 is 4.89. The molecule has 0 aromatic rings. The maximum absolute atomic E-state index is 9.32. The van der Waals surface area contributed by atoms with E-state index in [1.54, 1.807) is 21.0 Å². The van der Waals surface area contributed by atoms with Gasteiger partial charge in [0.2, 0.25) is 0 Å². The fourth-order valence-electron chi connectivity index (χ4n) is 0.645. The van der Waals surface area contributed by atoms with E-state index in [2.05, 4.69) is 5.92 Å². The third-order valence-corrected chi connectivity index (χ3v) is 1.63. The van der Waals surface area contributed by atoms with Crippen LogP contribution in [0.15, 0.2) is 0 Å². The highest BCUT2D eigenvalue weighted by Gasteiger charge is 2.18. The summed E-state index contributed by atoms with van der Waals surface area (Å²) in [4.78, 5) is 0. The smallest absolute Gasteiger partial charge is 0.0933 e. The van der Waals surface area contributed by atoms with Crippen LogP contribution in [0.4, 0.5) is 0 Å². The monoisotopic (exact) mass is 142 g/mol. The summed E-state index contributed by atoms with van der Waals surface area (Å²) >= 11 is 0. The molecule has 0 aliphatic carbocycles. The van der Waals surface area contributed by atoms with Gasteiger partial charge in [-0.1, -0.05) is 0 Å². The molecular weight excluding hydrogens is 128 g/mol. The summed E-state index contributed by atoms with van der Waals surface area (Å²) in [6.07, 6.45) is 4.35. The molecule has 0 aliphatic heterocycles. The standard InChI is InChI=1S/C8H14O2/c1-5-6(2)8(9)7(3)10-4/h1,6-9H,2-4H3/t6?,7-,8+/m0/s1. The van der Waals surface area contributed by atoms with E-state index < -0.39 is 6.10 Å². The van der Waals surface area contributed by atoms with Gasteiger partial charge < -0.3 is 9.84 Å². The largest absolute Gasteiger partial charge is 0.389 e. The molecule has 1 unspecified atom stereocenters. The van der Waals surface area contributed by atoms with Crippen molar-refractivity contribution in [3.63, 3.8) is 0 Å². The van der Waals surface area contributed by atoms with Gasteiger partial charge in [-0.05, 0) is 13.8 Å². The fraction of sp³-hybridized carbons (Fsp3) is 0.750. The molecule has 0 amide bonds. The Kier molecular flexibility index (Phi) is 4.10. The van der Waals surface area contributed by atoms with E-state index in [9.17, 15) is 5.11 Å². The third kappa shape index (κ3) is 2.38. The highest BCUT2D eigenvalue weighted by atomic mass is 16.5. The van der Waals surface area contributed by atoms with Gasteiger partial charge in [0.05, 0.1) is 12.2 Å². The number of aliphatic hydroxyl groups excluding tert-OH is 1. The molecule has 2 nitrogen and oxygen atoms in total. The maximum atomic E-state index is 9.32. The zero-order valence-corrected chi connectivity index (χ0v) is 6.66. The molecule has 2 heteroatoms. The van der Waals surface area contributed by atoms with Crippen LogP contribution in [0.2, 0.25) is 0 Å². The number of hydrogen-bond acceptors (Lipinski definition) is 2. The Bertz CT molecular complexity index is 126. The minimum atomic E-state index is -0.560. The van der Waals surface area contributed by atoms with Crippen molar-refractivity contribution in [3.8, 4) is 12.3 Å². The zero-order valence-electron chi connectivity index (χ0n) is 6.66. The van der Waals surface area contributed by atoms with E-state index in [0.29, 0.717) is 0 Å². The third-order valence-electron chi connectivity index (χ3n) is 1.63. The molecule has 0 aromatic heterocycles. The molecule has 0 bridgehead atoms. The number of ether oxygens (including phenoxy) is 1. The number of aliphatic hydroxyl groups is 1. The van der Waals surface area contributed by atoms with Crippen molar-refractivity contribution in [3.05, 3.63) is 0 Å². The molecule has 1 N–H and O–H groups in total. The Morgan fingerprint density at radius 2 is 2.00 bits per heavy atom. The van der Waals surface area contributed by atoms with Gasteiger partial charge in [0, 0.05) is 13.0 Å². The van der Waals surface area contributed by atoms with Crippen molar-refractivity contribution in [2.24, 2.45) is 5.92 Å². The first-order chi connectivity index (χ1) is 4.63. The highest BCUT2D eigenvalue weighted by molar-refractivity contribution is 4.95. The lowest BCUT2D eigenvalue weighted by Gasteiger charge is -2.19. The van der Waals surface area contributed by atoms with Gasteiger partial charge in [0.1, 0.15) is 0 Å². The van der Waals surface area contributed by atoms with Gasteiger partial charge >= 0.3 is 0 Å². The zero-order chi connectivity index (χ0) is 8.15. The predicted octanol–water partition coefficient (Wildman–Crippen LogP) is 0.651. The Balaban J connectivity index is 3.84. The molecule has 3 atom stereocenters. The van der Waals surface area contributed by atoms with Crippen molar-refractivity contribution in [1.82, 2.24) is 0 Å². The average molecular weight is 142 g/mol. The van der Waals surface area contributed by atoms with Crippen molar-refractivity contribution in [2.75, 3.05) is 7.11 Å². The Morgan fingerprint density at radius 3 is 2.30 bits per heavy atom. The Hall–Kier alpha value is -0.520. The molecule has 0 fully saturated rings. The molecule has 0 heterocycles. The summed E-state index contributed by atoms with van der Waals surface area (Å²) in [7, 11) is 1.55. The quantitative estimate of drug-likeness (QED) is 0.586. The summed E-state index contributed by atoms with van der Waals surface area (Å²) in [6.45, 7) is 3.58. The minimum absolute atomic E-state index is 0.144. The van der Waals surface area contributed by atoms with Gasteiger partial charge in [0.25, 0.3) is 0 Å². The number of methoxy groups -OCH3 is 1. The normalized spacial score (nSPS) is 19.1. The number of hydrogen-bond donors (Lipinski definition) is 1. The van der Waals surface area contributed by atoms with Gasteiger partial charge in [-0.3, -0.25) is 0 Å². The van der Waals surface area contributed by atoms with E-state index in [1.807, 2.05) is 0 Å². The first-order valence-electron chi connectivity index (χ1n) is 3.30. The van der Waals surface area contributed by atoms with Gasteiger partial charge in [-0.2, -0.15) is 0 Å². The first kappa shape index (κ1) is 9.48. The molecule has 0 radical (unpaired) electrons. The molecule has 0 saturated heterocycles. The molecule has 10 heavy (non-hydrogen) atoms.